The Morgan fingerprint density at radius 1 is 1.50 bits per heavy atom. The molecule has 4 heteroatoms. The van der Waals surface area contributed by atoms with E-state index in [0.29, 0.717) is 11.8 Å². The molecule has 2 saturated heterocycles. The molecule has 2 fully saturated rings. The van der Waals surface area contributed by atoms with Crippen LogP contribution in [-0.2, 0) is 9.53 Å². The molecule has 2 heterocycles. The zero-order chi connectivity index (χ0) is 13.1. The fourth-order valence-electron chi connectivity index (χ4n) is 2.90. The summed E-state index contributed by atoms with van der Waals surface area (Å²) in [6, 6.07) is 0.0241. The molecule has 1 amide bonds. The van der Waals surface area contributed by atoms with Gasteiger partial charge in [-0.3, -0.25) is 10.1 Å². The molecule has 4 nitrogen and oxygen atoms in total. The lowest BCUT2D eigenvalue weighted by molar-refractivity contribution is -0.130. The molecule has 0 spiro atoms. The molecule has 3 atom stereocenters. The van der Waals surface area contributed by atoms with Gasteiger partial charge < -0.3 is 9.64 Å². The van der Waals surface area contributed by atoms with Crippen molar-refractivity contribution in [1.82, 2.24) is 10.2 Å². The lowest BCUT2D eigenvalue weighted by Crippen LogP contribution is -2.41. The molecule has 1 N–H and O–H groups in total. The third-order valence-electron chi connectivity index (χ3n) is 3.93. The molecule has 18 heavy (non-hydrogen) atoms. The van der Waals surface area contributed by atoms with Crippen LogP contribution < -0.4 is 5.32 Å². The number of carbonyl (C=O) groups excluding carboxylic acids is 1. The summed E-state index contributed by atoms with van der Waals surface area (Å²) in [5.41, 5.74) is 0. The van der Waals surface area contributed by atoms with Gasteiger partial charge in [-0.1, -0.05) is 20.8 Å². The van der Waals surface area contributed by atoms with Gasteiger partial charge in [0.05, 0.1) is 18.8 Å². The maximum absolute atomic E-state index is 12.3. The van der Waals surface area contributed by atoms with Gasteiger partial charge in [0.15, 0.2) is 0 Å². The summed E-state index contributed by atoms with van der Waals surface area (Å²) in [6.07, 6.45) is 3.23. The average molecular weight is 254 g/mol. The van der Waals surface area contributed by atoms with Crippen LogP contribution in [0, 0.1) is 11.8 Å². The first kappa shape index (κ1) is 13.8. The summed E-state index contributed by atoms with van der Waals surface area (Å²) in [7, 11) is 0. The van der Waals surface area contributed by atoms with Crippen LogP contribution >= 0.6 is 0 Å². The topological polar surface area (TPSA) is 41.6 Å². The lowest BCUT2D eigenvalue weighted by Gasteiger charge is -2.27. The second-order valence-corrected chi connectivity index (χ2v) is 5.99. The maximum atomic E-state index is 12.3. The van der Waals surface area contributed by atoms with Crippen molar-refractivity contribution in [1.29, 1.82) is 0 Å². The van der Waals surface area contributed by atoms with Gasteiger partial charge in [-0.15, -0.1) is 0 Å². The monoisotopic (exact) mass is 254 g/mol. The Balaban J connectivity index is 1.99. The SMILES string of the molecule is CCC1NC(CC(C)C)N(CC2CCOC2)C1=O. The van der Waals surface area contributed by atoms with Crippen molar-refractivity contribution in [3.63, 3.8) is 0 Å². The van der Waals surface area contributed by atoms with Crippen molar-refractivity contribution in [2.24, 2.45) is 11.8 Å². The summed E-state index contributed by atoms with van der Waals surface area (Å²) < 4.78 is 5.41. The molecule has 104 valence electrons. The van der Waals surface area contributed by atoms with E-state index in [4.69, 9.17) is 4.74 Å². The van der Waals surface area contributed by atoms with Gasteiger partial charge in [0.2, 0.25) is 5.91 Å². The highest BCUT2D eigenvalue weighted by atomic mass is 16.5. The third-order valence-corrected chi connectivity index (χ3v) is 3.93. The van der Waals surface area contributed by atoms with Crippen LogP contribution in [0.2, 0.25) is 0 Å². The van der Waals surface area contributed by atoms with Crippen molar-refractivity contribution >= 4 is 5.91 Å². The molecule has 0 aromatic heterocycles. The van der Waals surface area contributed by atoms with E-state index in [1.54, 1.807) is 0 Å². The van der Waals surface area contributed by atoms with Crippen LogP contribution in [0.25, 0.3) is 0 Å². The van der Waals surface area contributed by atoms with Crippen LogP contribution in [-0.4, -0.2) is 42.8 Å². The predicted octanol–water partition coefficient (Wildman–Crippen LogP) is 1.61. The summed E-state index contributed by atoms with van der Waals surface area (Å²) in [4.78, 5) is 14.4. The van der Waals surface area contributed by atoms with E-state index < -0.39 is 0 Å². The van der Waals surface area contributed by atoms with Gasteiger partial charge in [0.1, 0.15) is 0 Å². The van der Waals surface area contributed by atoms with Crippen molar-refractivity contribution in [3.05, 3.63) is 0 Å². The number of nitrogens with zero attached hydrogens (tertiary/aromatic N) is 1. The summed E-state index contributed by atoms with van der Waals surface area (Å²) >= 11 is 0. The average Bonchev–Trinajstić information content (AvgIpc) is 2.91. The number of carbonyl (C=O) groups is 1. The molecule has 2 rings (SSSR count). The number of amides is 1. The van der Waals surface area contributed by atoms with Gasteiger partial charge in [-0.05, 0) is 25.2 Å². The molecule has 0 aromatic carbocycles. The Labute approximate surface area is 110 Å². The minimum atomic E-state index is 0.0241. The number of hydrogen-bond acceptors (Lipinski definition) is 3. The fraction of sp³-hybridized carbons (Fsp3) is 0.929. The van der Waals surface area contributed by atoms with Crippen LogP contribution in [0.15, 0.2) is 0 Å². The minimum Gasteiger partial charge on any atom is -0.381 e. The summed E-state index contributed by atoms with van der Waals surface area (Å²) in [6.45, 7) is 9.02. The Kier molecular flexibility index (Phi) is 4.62. The molecule has 0 saturated carbocycles. The second kappa shape index (κ2) is 6.02. The summed E-state index contributed by atoms with van der Waals surface area (Å²) in [5.74, 6) is 1.42. The van der Waals surface area contributed by atoms with Crippen LogP contribution in [0.4, 0.5) is 0 Å². The smallest absolute Gasteiger partial charge is 0.241 e. The van der Waals surface area contributed by atoms with Crippen molar-refractivity contribution in [2.45, 2.75) is 52.2 Å². The van der Waals surface area contributed by atoms with E-state index in [9.17, 15) is 4.79 Å². The largest absolute Gasteiger partial charge is 0.381 e. The van der Waals surface area contributed by atoms with E-state index in [1.165, 1.54) is 0 Å². The standard InChI is InChI=1S/C14H26N2O2/c1-4-12-14(17)16(8-11-5-6-18-9-11)13(15-12)7-10(2)3/h10-13,15H,4-9H2,1-3H3. The predicted molar refractivity (Wildman–Crippen MR) is 71.1 cm³/mol. The maximum Gasteiger partial charge on any atom is 0.241 e. The fourth-order valence-corrected chi connectivity index (χ4v) is 2.90. The number of ether oxygens (including phenoxy) is 1. The number of rotatable bonds is 5. The Hall–Kier alpha value is -0.610. The van der Waals surface area contributed by atoms with Crippen molar-refractivity contribution in [2.75, 3.05) is 19.8 Å². The molecule has 2 aliphatic rings. The van der Waals surface area contributed by atoms with Gasteiger partial charge >= 0.3 is 0 Å². The number of hydrogen-bond donors (Lipinski definition) is 1. The van der Waals surface area contributed by atoms with E-state index in [2.05, 4.69) is 31.0 Å². The van der Waals surface area contributed by atoms with Crippen LogP contribution in [0.3, 0.4) is 0 Å². The quantitative estimate of drug-likeness (QED) is 0.810. The minimum absolute atomic E-state index is 0.0241. The Bertz CT molecular complexity index is 288. The third kappa shape index (κ3) is 3.04. The molecule has 0 aliphatic carbocycles. The highest BCUT2D eigenvalue weighted by Crippen LogP contribution is 2.23. The van der Waals surface area contributed by atoms with Gasteiger partial charge in [0.25, 0.3) is 0 Å². The van der Waals surface area contributed by atoms with Gasteiger partial charge in [-0.2, -0.15) is 0 Å². The normalized spacial score (nSPS) is 32.8. The zero-order valence-electron chi connectivity index (χ0n) is 11.8. The van der Waals surface area contributed by atoms with E-state index in [0.717, 1.165) is 39.0 Å². The highest BCUT2D eigenvalue weighted by molar-refractivity contribution is 5.84. The van der Waals surface area contributed by atoms with Gasteiger partial charge in [-0.25, -0.2) is 0 Å². The van der Waals surface area contributed by atoms with E-state index >= 15 is 0 Å². The zero-order valence-corrected chi connectivity index (χ0v) is 11.8. The number of nitrogens with one attached hydrogen (secondary N) is 1. The molecular formula is C14H26N2O2. The van der Waals surface area contributed by atoms with Crippen molar-refractivity contribution < 1.29 is 9.53 Å². The van der Waals surface area contributed by atoms with Gasteiger partial charge in [0, 0.05) is 19.1 Å². The van der Waals surface area contributed by atoms with Crippen molar-refractivity contribution in [3.8, 4) is 0 Å². The Morgan fingerprint density at radius 2 is 2.28 bits per heavy atom. The van der Waals surface area contributed by atoms with E-state index in [1.807, 2.05) is 0 Å². The molecular weight excluding hydrogens is 228 g/mol. The molecule has 3 unspecified atom stereocenters. The molecule has 0 aromatic rings. The van der Waals surface area contributed by atoms with Crippen LogP contribution in [0.5, 0.6) is 0 Å². The first-order valence-electron chi connectivity index (χ1n) is 7.26. The molecule has 0 bridgehead atoms. The summed E-state index contributed by atoms with van der Waals surface area (Å²) in [5, 5.41) is 3.48. The first-order valence-corrected chi connectivity index (χ1v) is 7.26. The van der Waals surface area contributed by atoms with Crippen LogP contribution in [0.1, 0.15) is 40.0 Å². The molecule has 0 radical (unpaired) electrons. The lowest BCUT2D eigenvalue weighted by atomic mass is 10.1. The highest BCUT2D eigenvalue weighted by Gasteiger charge is 2.39. The Morgan fingerprint density at radius 3 is 2.83 bits per heavy atom. The molecule has 2 aliphatic heterocycles. The first-order chi connectivity index (χ1) is 8.61. The second-order valence-electron chi connectivity index (χ2n) is 5.99. The van der Waals surface area contributed by atoms with E-state index in [-0.39, 0.29) is 18.1 Å².